The van der Waals surface area contributed by atoms with Gasteiger partial charge in [0.1, 0.15) is 0 Å². The molecule has 0 aromatic heterocycles. The van der Waals surface area contributed by atoms with E-state index in [2.05, 4.69) is 22.2 Å². The Bertz CT molecular complexity index is 351. The second-order valence-electron chi connectivity index (χ2n) is 6.64. The first-order chi connectivity index (χ1) is 9.67. The lowest BCUT2D eigenvalue weighted by Crippen LogP contribution is -2.51. The van der Waals surface area contributed by atoms with Crippen LogP contribution in [0.4, 0.5) is 0 Å². The van der Waals surface area contributed by atoms with Crippen molar-refractivity contribution in [2.24, 2.45) is 5.92 Å². The van der Waals surface area contributed by atoms with Gasteiger partial charge in [0.2, 0.25) is 5.91 Å². The van der Waals surface area contributed by atoms with Crippen LogP contribution >= 0.6 is 0 Å². The van der Waals surface area contributed by atoms with E-state index in [0.29, 0.717) is 30.0 Å². The molecule has 5 heteroatoms. The van der Waals surface area contributed by atoms with Crippen LogP contribution in [0.15, 0.2) is 0 Å². The van der Waals surface area contributed by atoms with Crippen molar-refractivity contribution in [2.75, 3.05) is 40.3 Å². The van der Waals surface area contributed by atoms with Crippen LogP contribution in [-0.4, -0.2) is 74.2 Å². The Labute approximate surface area is 121 Å². The van der Waals surface area contributed by atoms with E-state index < -0.39 is 0 Å². The summed E-state index contributed by atoms with van der Waals surface area (Å²) in [6.07, 6.45) is 4.68. The number of amides is 1. The normalized spacial score (nSPS) is 32.8. The van der Waals surface area contributed by atoms with Crippen molar-refractivity contribution in [1.29, 1.82) is 0 Å². The monoisotopic (exact) mass is 281 g/mol. The summed E-state index contributed by atoms with van der Waals surface area (Å²) >= 11 is 0. The van der Waals surface area contributed by atoms with Gasteiger partial charge in [0.15, 0.2) is 0 Å². The average molecular weight is 281 g/mol. The number of hydrogen-bond acceptors (Lipinski definition) is 4. The molecule has 2 saturated heterocycles. The molecule has 0 aromatic rings. The third-order valence-electron chi connectivity index (χ3n) is 4.93. The highest BCUT2D eigenvalue weighted by atomic mass is 16.5. The van der Waals surface area contributed by atoms with Crippen molar-refractivity contribution < 1.29 is 9.53 Å². The topological polar surface area (TPSA) is 44.8 Å². The summed E-state index contributed by atoms with van der Waals surface area (Å²) in [6.45, 7) is 3.91. The number of methoxy groups -OCH3 is 1. The number of ether oxygens (including phenoxy) is 1. The summed E-state index contributed by atoms with van der Waals surface area (Å²) in [7, 11) is 3.94. The lowest BCUT2D eigenvalue weighted by atomic mass is 10.0. The molecule has 0 unspecified atom stereocenters. The molecule has 2 aliphatic heterocycles. The number of nitrogens with zero attached hydrogens (tertiary/aromatic N) is 2. The van der Waals surface area contributed by atoms with Crippen LogP contribution in [0.1, 0.15) is 25.7 Å². The molecular formula is C15H27N3O2. The van der Waals surface area contributed by atoms with Crippen LogP contribution in [0.25, 0.3) is 0 Å². The van der Waals surface area contributed by atoms with Gasteiger partial charge in [0, 0.05) is 51.3 Å². The maximum Gasteiger partial charge on any atom is 0.225 e. The molecule has 114 valence electrons. The average Bonchev–Trinajstić information content (AvgIpc) is 3.23. The highest BCUT2D eigenvalue weighted by molar-refractivity contribution is 5.81. The number of carbonyl (C=O) groups excluding carboxylic acids is 1. The van der Waals surface area contributed by atoms with E-state index in [1.54, 1.807) is 7.11 Å². The van der Waals surface area contributed by atoms with Gasteiger partial charge in [-0.2, -0.15) is 0 Å². The van der Waals surface area contributed by atoms with Crippen LogP contribution in [0.5, 0.6) is 0 Å². The van der Waals surface area contributed by atoms with Gasteiger partial charge in [0.05, 0.1) is 6.10 Å². The molecule has 1 aliphatic carbocycles. The Morgan fingerprint density at radius 3 is 2.45 bits per heavy atom. The zero-order chi connectivity index (χ0) is 14.1. The Balaban J connectivity index is 1.45. The number of hydrogen-bond donors (Lipinski definition) is 1. The third-order valence-corrected chi connectivity index (χ3v) is 4.93. The molecule has 3 rings (SSSR count). The van der Waals surface area contributed by atoms with Crippen molar-refractivity contribution in [2.45, 2.75) is 43.9 Å². The Morgan fingerprint density at radius 1 is 1.15 bits per heavy atom. The number of likely N-dealkylation sites (tertiary alicyclic amines) is 2. The highest BCUT2D eigenvalue weighted by Crippen LogP contribution is 2.32. The molecule has 0 bridgehead atoms. The number of rotatable bonds is 4. The predicted molar refractivity (Wildman–Crippen MR) is 77.5 cm³/mol. The fourth-order valence-corrected chi connectivity index (χ4v) is 3.52. The summed E-state index contributed by atoms with van der Waals surface area (Å²) in [5.74, 6) is 0.764. The third kappa shape index (κ3) is 3.15. The summed E-state index contributed by atoms with van der Waals surface area (Å²) in [5.41, 5.74) is 0. The summed E-state index contributed by atoms with van der Waals surface area (Å²) in [6, 6.07) is 0.966. The molecule has 1 amide bonds. The number of carbonyl (C=O) groups is 1. The minimum atomic E-state index is 0.297. The van der Waals surface area contributed by atoms with E-state index in [9.17, 15) is 4.79 Å². The fraction of sp³-hybridized carbons (Fsp3) is 0.933. The van der Waals surface area contributed by atoms with Crippen molar-refractivity contribution >= 4 is 5.91 Å². The molecule has 0 aromatic carbocycles. The van der Waals surface area contributed by atoms with Gasteiger partial charge in [0.25, 0.3) is 0 Å². The van der Waals surface area contributed by atoms with E-state index in [4.69, 9.17) is 4.74 Å². The maximum absolute atomic E-state index is 12.0. The van der Waals surface area contributed by atoms with Gasteiger partial charge in [-0.25, -0.2) is 0 Å². The van der Waals surface area contributed by atoms with Crippen LogP contribution in [-0.2, 0) is 9.53 Å². The van der Waals surface area contributed by atoms with Crippen molar-refractivity contribution in [3.63, 3.8) is 0 Å². The molecule has 20 heavy (non-hydrogen) atoms. The standard InChI is InChI=1S/C15H27N3O2/c1-17-9-13(14(10-17)20-2)16-12-5-7-18(8-6-12)15(19)11-3-4-11/h11-14,16H,3-10H2,1-2H3/t13-,14-/m0/s1. The smallest absolute Gasteiger partial charge is 0.225 e. The first kappa shape index (κ1) is 14.3. The van der Waals surface area contributed by atoms with Crippen LogP contribution < -0.4 is 5.32 Å². The minimum Gasteiger partial charge on any atom is -0.378 e. The van der Waals surface area contributed by atoms with E-state index in [1.807, 2.05) is 0 Å². The number of piperidine rings is 1. The predicted octanol–water partition coefficient (Wildman–Crippen LogP) is 0.306. The van der Waals surface area contributed by atoms with Crippen molar-refractivity contribution in [3.05, 3.63) is 0 Å². The molecule has 5 nitrogen and oxygen atoms in total. The zero-order valence-corrected chi connectivity index (χ0v) is 12.7. The molecule has 2 atom stereocenters. The van der Waals surface area contributed by atoms with Gasteiger partial charge in [-0.05, 0) is 32.7 Å². The first-order valence-electron chi connectivity index (χ1n) is 7.93. The quantitative estimate of drug-likeness (QED) is 0.805. The lowest BCUT2D eigenvalue weighted by molar-refractivity contribution is -0.133. The zero-order valence-electron chi connectivity index (χ0n) is 12.7. The minimum absolute atomic E-state index is 0.297. The maximum atomic E-state index is 12.0. The number of nitrogens with one attached hydrogen (secondary N) is 1. The second-order valence-corrected chi connectivity index (χ2v) is 6.64. The second kappa shape index (κ2) is 6.00. The molecule has 0 spiro atoms. The van der Waals surface area contributed by atoms with Gasteiger partial charge in [-0.1, -0.05) is 0 Å². The van der Waals surface area contributed by atoms with E-state index in [0.717, 1.165) is 51.9 Å². The SMILES string of the molecule is CO[C@H]1CN(C)C[C@@H]1NC1CCN(C(=O)C2CC2)CC1. The molecular weight excluding hydrogens is 254 g/mol. The van der Waals surface area contributed by atoms with Gasteiger partial charge < -0.3 is 19.9 Å². The molecule has 3 aliphatic rings. The molecule has 1 saturated carbocycles. The van der Waals surface area contributed by atoms with Crippen LogP contribution in [0.3, 0.4) is 0 Å². The van der Waals surface area contributed by atoms with Crippen molar-refractivity contribution in [1.82, 2.24) is 15.1 Å². The van der Waals surface area contributed by atoms with Crippen LogP contribution in [0.2, 0.25) is 0 Å². The van der Waals surface area contributed by atoms with Crippen LogP contribution in [0, 0.1) is 5.92 Å². The molecule has 3 fully saturated rings. The summed E-state index contributed by atoms with van der Waals surface area (Å²) < 4.78 is 5.57. The molecule has 2 heterocycles. The Morgan fingerprint density at radius 2 is 1.85 bits per heavy atom. The summed E-state index contributed by atoms with van der Waals surface area (Å²) in [4.78, 5) is 16.4. The van der Waals surface area contributed by atoms with Crippen molar-refractivity contribution in [3.8, 4) is 0 Å². The van der Waals surface area contributed by atoms with Gasteiger partial charge in [-0.15, -0.1) is 0 Å². The van der Waals surface area contributed by atoms with Gasteiger partial charge in [-0.3, -0.25) is 4.79 Å². The number of likely N-dealkylation sites (N-methyl/N-ethyl adjacent to an activating group) is 1. The fourth-order valence-electron chi connectivity index (χ4n) is 3.52. The van der Waals surface area contributed by atoms with E-state index in [1.165, 1.54) is 0 Å². The van der Waals surface area contributed by atoms with E-state index >= 15 is 0 Å². The highest BCUT2D eigenvalue weighted by Gasteiger charge is 2.36. The van der Waals surface area contributed by atoms with Gasteiger partial charge >= 0.3 is 0 Å². The molecule has 0 radical (unpaired) electrons. The first-order valence-corrected chi connectivity index (χ1v) is 7.93. The largest absolute Gasteiger partial charge is 0.378 e. The molecule has 1 N–H and O–H groups in total. The Hall–Kier alpha value is -0.650. The summed E-state index contributed by atoms with van der Waals surface area (Å²) in [5, 5.41) is 3.75. The lowest BCUT2D eigenvalue weighted by Gasteiger charge is -2.34. The van der Waals surface area contributed by atoms with E-state index in [-0.39, 0.29) is 0 Å². The Kier molecular flexibility index (Phi) is 4.29.